The lowest BCUT2D eigenvalue weighted by Gasteiger charge is -2.37. The Balaban J connectivity index is 3.28. The fourth-order valence-corrected chi connectivity index (χ4v) is 4.15. The highest BCUT2D eigenvalue weighted by Crippen LogP contribution is 2.25. The Morgan fingerprint density at radius 3 is 2.24 bits per heavy atom. The van der Waals surface area contributed by atoms with Gasteiger partial charge in [-0.15, -0.1) is 0 Å². The molecule has 0 aliphatic heterocycles. The molecule has 0 aromatic carbocycles. The number of imidazole rings is 1. The van der Waals surface area contributed by atoms with Crippen LogP contribution < -0.4 is 4.72 Å². The van der Waals surface area contributed by atoms with E-state index in [9.17, 15) is 23.1 Å². The van der Waals surface area contributed by atoms with Crippen LogP contribution in [0.15, 0.2) is 29.2 Å². The number of hydrogen-bond donors (Lipinski definition) is 2. The number of rotatable bonds is 8. The SMILES string of the molecule is C/C(=C\[C@H](C(C)C)N(C)C(=O)C(NS(=O)(=O)c1cn(C)cn1)C(C)(C)C)C(=O)O. The lowest BCUT2D eigenvalue weighted by molar-refractivity contribution is -0.136. The first kappa shape index (κ1) is 24.8. The van der Waals surface area contributed by atoms with Crippen LogP contribution in [0.25, 0.3) is 0 Å². The van der Waals surface area contributed by atoms with Crippen molar-refractivity contribution in [3.63, 3.8) is 0 Å². The van der Waals surface area contributed by atoms with E-state index in [2.05, 4.69) is 9.71 Å². The highest BCUT2D eigenvalue weighted by Gasteiger charge is 2.39. The van der Waals surface area contributed by atoms with Crippen molar-refractivity contribution in [3.05, 3.63) is 24.2 Å². The second kappa shape index (κ2) is 9.08. The molecule has 1 amide bonds. The lowest BCUT2D eigenvalue weighted by atomic mass is 9.86. The van der Waals surface area contributed by atoms with E-state index in [-0.39, 0.29) is 16.5 Å². The Labute approximate surface area is 172 Å². The number of hydrogen-bond acceptors (Lipinski definition) is 5. The van der Waals surface area contributed by atoms with E-state index in [1.807, 2.05) is 13.8 Å². The molecule has 164 valence electrons. The summed E-state index contributed by atoms with van der Waals surface area (Å²) in [4.78, 5) is 29.8. The van der Waals surface area contributed by atoms with Crippen molar-refractivity contribution in [1.82, 2.24) is 19.2 Å². The van der Waals surface area contributed by atoms with E-state index in [1.54, 1.807) is 34.9 Å². The number of amides is 1. The summed E-state index contributed by atoms with van der Waals surface area (Å²) >= 11 is 0. The van der Waals surface area contributed by atoms with E-state index in [0.717, 1.165) is 0 Å². The van der Waals surface area contributed by atoms with Gasteiger partial charge in [0.25, 0.3) is 10.0 Å². The van der Waals surface area contributed by atoms with Crippen molar-refractivity contribution in [2.24, 2.45) is 18.4 Å². The molecule has 2 atom stereocenters. The maximum absolute atomic E-state index is 13.3. The summed E-state index contributed by atoms with van der Waals surface area (Å²) in [5.74, 6) is -1.60. The molecule has 1 unspecified atom stereocenters. The molecular weight excluding hydrogens is 396 g/mol. The van der Waals surface area contributed by atoms with Gasteiger partial charge in [0, 0.05) is 25.9 Å². The van der Waals surface area contributed by atoms with Crippen LogP contribution in [0.1, 0.15) is 41.5 Å². The minimum Gasteiger partial charge on any atom is -0.478 e. The van der Waals surface area contributed by atoms with Crippen molar-refractivity contribution in [3.8, 4) is 0 Å². The maximum Gasteiger partial charge on any atom is 0.331 e. The van der Waals surface area contributed by atoms with Gasteiger partial charge in [0.2, 0.25) is 5.91 Å². The number of carbonyl (C=O) groups is 2. The molecule has 10 heteroatoms. The molecule has 9 nitrogen and oxygen atoms in total. The number of likely N-dealkylation sites (N-methyl/N-ethyl adjacent to an activating group) is 1. The van der Waals surface area contributed by atoms with Crippen molar-refractivity contribution >= 4 is 21.9 Å². The highest BCUT2D eigenvalue weighted by molar-refractivity contribution is 7.89. The largest absolute Gasteiger partial charge is 0.478 e. The van der Waals surface area contributed by atoms with Gasteiger partial charge in [-0.05, 0) is 18.3 Å². The van der Waals surface area contributed by atoms with Gasteiger partial charge in [0.15, 0.2) is 5.03 Å². The topological polar surface area (TPSA) is 122 Å². The van der Waals surface area contributed by atoms with Crippen molar-refractivity contribution in [2.45, 2.75) is 58.7 Å². The van der Waals surface area contributed by atoms with Crippen molar-refractivity contribution in [2.75, 3.05) is 7.05 Å². The molecule has 1 aromatic heterocycles. The number of nitrogens with one attached hydrogen (secondary N) is 1. The van der Waals surface area contributed by atoms with Gasteiger partial charge in [-0.3, -0.25) is 4.79 Å². The Hall–Kier alpha value is -2.20. The molecule has 1 aromatic rings. The van der Waals surface area contributed by atoms with E-state index < -0.39 is 39.4 Å². The summed E-state index contributed by atoms with van der Waals surface area (Å²) in [5, 5.41) is 9.01. The average molecular weight is 429 g/mol. The number of aromatic nitrogens is 2. The van der Waals surface area contributed by atoms with E-state index >= 15 is 0 Å². The molecule has 0 aliphatic carbocycles. The number of carbonyl (C=O) groups excluding carboxylic acids is 1. The average Bonchev–Trinajstić information content (AvgIpc) is 3.02. The summed E-state index contributed by atoms with van der Waals surface area (Å²) < 4.78 is 29.5. The summed E-state index contributed by atoms with van der Waals surface area (Å²) in [5.41, 5.74) is -0.620. The number of sulfonamides is 1. The van der Waals surface area contributed by atoms with Gasteiger partial charge < -0.3 is 14.6 Å². The maximum atomic E-state index is 13.3. The summed E-state index contributed by atoms with van der Waals surface area (Å²) in [6.45, 7) is 10.5. The Morgan fingerprint density at radius 2 is 1.86 bits per heavy atom. The van der Waals surface area contributed by atoms with Crippen LogP contribution in [-0.4, -0.2) is 59.0 Å². The zero-order valence-electron chi connectivity index (χ0n) is 18.3. The van der Waals surface area contributed by atoms with Crippen LogP contribution in [0.3, 0.4) is 0 Å². The van der Waals surface area contributed by atoms with Gasteiger partial charge >= 0.3 is 5.97 Å². The zero-order chi connectivity index (χ0) is 22.7. The minimum absolute atomic E-state index is 0.0775. The van der Waals surface area contributed by atoms with Gasteiger partial charge in [0.05, 0.1) is 12.4 Å². The van der Waals surface area contributed by atoms with E-state index in [0.29, 0.717) is 0 Å². The smallest absolute Gasteiger partial charge is 0.331 e. The quantitative estimate of drug-likeness (QED) is 0.607. The molecule has 29 heavy (non-hydrogen) atoms. The summed E-state index contributed by atoms with van der Waals surface area (Å²) in [6, 6.07) is -1.58. The predicted molar refractivity (Wildman–Crippen MR) is 110 cm³/mol. The first-order chi connectivity index (χ1) is 13.1. The zero-order valence-corrected chi connectivity index (χ0v) is 19.1. The first-order valence-corrected chi connectivity index (χ1v) is 10.7. The number of aryl methyl sites for hydroxylation is 1. The second-order valence-electron chi connectivity index (χ2n) is 8.64. The Morgan fingerprint density at radius 1 is 1.31 bits per heavy atom. The molecule has 0 spiro atoms. The number of carboxylic acid groups (broad SMARTS) is 1. The molecule has 1 rings (SSSR count). The normalized spacial score (nSPS) is 15.3. The molecule has 1 heterocycles. The Bertz CT molecular complexity index is 881. The van der Waals surface area contributed by atoms with Gasteiger partial charge in [-0.1, -0.05) is 40.7 Å². The third kappa shape index (κ3) is 6.40. The summed E-state index contributed by atoms with van der Waals surface area (Å²) in [7, 11) is -0.824. The monoisotopic (exact) mass is 428 g/mol. The van der Waals surface area contributed by atoms with Crippen LogP contribution in [0.5, 0.6) is 0 Å². The fourth-order valence-electron chi connectivity index (χ4n) is 2.77. The molecule has 0 bridgehead atoms. The van der Waals surface area contributed by atoms with Crippen LogP contribution in [0.2, 0.25) is 0 Å². The number of nitrogens with zero attached hydrogens (tertiary/aromatic N) is 3. The van der Waals surface area contributed by atoms with Crippen LogP contribution >= 0.6 is 0 Å². The van der Waals surface area contributed by atoms with Gasteiger partial charge in [-0.25, -0.2) is 18.2 Å². The minimum atomic E-state index is -4.02. The molecule has 0 saturated carbocycles. The van der Waals surface area contributed by atoms with Crippen LogP contribution in [0.4, 0.5) is 0 Å². The van der Waals surface area contributed by atoms with Crippen LogP contribution in [0, 0.1) is 11.3 Å². The van der Waals surface area contributed by atoms with Crippen LogP contribution in [-0.2, 0) is 26.7 Å². The highest BCUT2D eigenvalue weighted by atomic mass is 32.2. The summed E-state index contributed by atoms with van der Waals surface area (Å²) in [6.07, 6.45) is 4.23. The molecule has 2 N–H and O–H groups in total. The fraction of sp³-hybridized carbons (Fsp3) is 0.632. The van der Waals surface area contributed by atoms with Crippen molar-refractivity contribution < 1.29 is 23.1 Å². The standard InChI is InChI=1S/C19H32N4O5S/c1-12(2)14(9-13(3)18(25)26)23(8)17(24)16(19(4,5)6)21-29(27,28)15-10-22(7)11-20-15/h9-12,14,16,21H,1-8H3,(H,25,26)/b13-9+/t14-,16?/m1/s1. The molecule has 0 radical (unpaired) electrons. The second-order valence-corrected chi connectivity index (χ2v) is 10.3. The van der Waals surface area contributed by atoms with Gasteiger partial charge in [-0.2, -0.15) is 4.72 Å². The Kier molecular flexibility index (Phi) is 7.78. The van der Waals surface area contributed by atoms with E-state index in [4.69, 9.17) is 0 Å². The number of aliphatic carboxylic acids is 1. The van der Waals surface area contributed by atoms with Crippen molar-refractivity contribution in [1.29, 1.82) is 0 Å². The molecule has 0 aliphatic rings. The molecular formula is C19H32N4O5S. The van der Waals surface area contributed by atoms with Gasteiger partial charge in [0.1, 0.15) is 6.04 Å². The first-order valence-electron chi connectivity index (χ1n) is 9.26. The number of carboxylic acids is 1. The molecule has 0 saturated heterocycles. The third-order valence-electron chi connectivity index (χ3n) is 4.58. The molecule has 0 fully saturated rings. The predicted octanol–water partition coefficient (Wildman–Crippen LogP) is 1.63. The lowest BCUT2D eigenvalue weighted by Crippen LogP contribution is -2.56. The van der Waals surface area contributed by atoms with E-state index in [1.165, 1.54) is 35.0 Å². The third-order valence-corrected chi connectivity index (χ3v) is 5.89.